The summed E-state index contributed by atoms with van der Waals surface area (Å²) in [4.78, 5) is 16.2. The molecule has 0 spiro atoms. The zero-order chi connectivity index (χ0) is 14.0. The summed E-state index contributed by atoms with van der Waals surface area (Å²) in [6.07, 6.45) is 1.88. The van der Waals surface area contributed by atoms with E-state index in [-0.39, 0.29) is 17.5 Å². The number of halogens is 2. The third kappa shape index (κ3) is 3.34. The normalized spacial score (nSPS) is 17.5. The van der Waals surface area contributed by atoms with Crippen molar-refractivity contribution in [1.29, 1.82) is 0 Å². The van der Waals surface area contributed by atoms with Gasteiger partial charge in [0.05, 0.1) is 5.56 Å². The second kappa shape index (κ2) is 6.01. The van der Waals surface area contributed by atoms with E-state index in [2.05, 4.69) is 27.9 Å². The van der Waals surface area contributed by atoms with Gasteiger partial charge < -0.3 is 9.80 Å². The van der Waals surface area contributed by atoms with Gasteiger partial charge in [-0.05, 0) is 51.2 Å². The van der Waals surface area contributed by atoms with Crippen LogP contribution in [0.4, 0.5) is 4.39 Å². The Labute approximate surface area is 121 Å². The van der Waals surface area contributed by atoms with Gasteiger partial charge in [0.1, 0.15) is 5.82 Å². The van der Waals surface area contributed by atoms with E-state index in [1.807, 2.05) is 0 Å². The van der Waals surface area contributed by atoms with Crippen LogP contribution in [0.1, 0.15) is 23.2 Å². The monoisotopic (exact) mass is 328 g/mol. The molecule has 0 bridgehead atoms. The van der Waals surface area contributed by atoms with Crippen molar-refractivity contribution >= 4 is 21.8 Å². The van der Waals surface area contributed by atoms with Crippen LogP contribution in [0.15, 0.2) is 22.7 Å². The maximum absolute atomic E-state index is 13.8. The van der Waals surface area contributed by atoms with Crippen molar-refractivity contribution in [3.05, 3.63) is 34.1 Å². The summed E-state index contributed by atoms with van der Waals surface area (Å²) < 4.78 is 14.4. The standard InChI is InChI=1S/C14H18BrFN2O/c1-17-7-5-11(6-8-17)18(2)14(19)12-4-3-10(15)9-13(12)16/h3-4,9,11H,5-8H2,1-2H3. The lowest BCUT2D eigenvalue weighted by Gasteiger charge is -2.35. The Bertz CT molecular complexity index is 473. The predicted octanol–water partition coefficient (Wildman–Crippen LogP) is 2.75. The van der Waals surface area contributed by atoms with E-state index in [0.717, 1.165) is 25.9 Å². The predicted molar refractivity (Wildman–Crippen MR) is 76.7 cm³/mol. The van der Waals surface area contributed by atoms with E-state index < -0.39 is 5.82 Å². The van der Waals surface area contributed by atoms with Crippen molar-refractivity contribution < 1.29 is 9.18 Å². The minimum absolute atomic E-state index is 0.143. The van der Waals surface area contributed by atoms with Crippen LogP contribution in [-0.2, 0) is 0 Å². The summed E-state index contributed by atoms with van der Waals surface area (Å²) in [7, 11) is 3.84. The number of piperidine rings is 1. The number of hydrogen-bond donors (Lipinski definition) is 0. The molecular formula is C14H18BrFN2O. The van der Waals surface area contributed by atoms with Crippen LogP contribution >= 0.6 is 15.9 Å². The molecule has 0 radical (unpaired) electrons. The molecule has 0 aromatic heterocycles. The molecule has 1 aromatic rings. The van der Waals surface area contributed by atoms with Crippen LogP contribution in [0, 0.1) is 5.82 Å². The van der Waals surface area contributed by atoms with E-state index in [1.54, 1.807) is 18.0 Å². The van der Waals surface area contributed by atoms with Crippen LogP contribution in [0.5, 0.6) is 0 Å². The van der Waals surface area contributed by atoms with Crippen molar-refractivity contribution in [1.82, 2.24) is 9.80 Å². The van der Waals surface area contributed by atoms with E-state index in [4.69, 9.17) is 0 Å². The average Bonchev–Trinajstić information content (AvgIpc) is 2.38. The van der Waals surface area contributed by atoms with Gasteiger partial charge in [0.2, 0.25) is 0 Å². The molecule has 0 aliphatic carbocycles. The summed E-state index contributed by atoms with van der Waals surface area (Å²) in [5.74, 6) is -0.710. The molecule has 1 aliphatic rings. The molecule has 1 aromatic carbocycles. The quantitative estimate of drug-likeness (QED) is 0.833. The molecule has 104 valence electrons. The Morgan fingerprint density at radius 1 is 1.42 bits per heavy atom. The summed E-state index contributed by atoms with van der Waals surface area (Å²) in [5.41, 5.74) is 0.143. The second-order valence-corrected chi connectivity index (χ2v) is 5.99. The van der Waals surface area contributed by atoms with Crippen molar-refractivity contribution in [2.24, 2.45) is 0 Å². The first kappa shape index (κ1) is 14.5. The number of amides is 1. The molecule has 1 heterocycles. The summed E-state index contributed by atoms with van der Waals surface area (Å²) >= 11 is 3.20. The topological polar surface area (TPSA) is 23.6 Å². The number of nitrogens with zero attached hydrogens (tertiary/aromatic N) is 2. The Kier molecular flexibility index (Phi) is 4.58. The Hall–Kier alpha value is -0.940. The smallest absolute Gasteiger partial charge is 0.256 e. The molecule has 1 amide bonds. The van der Waals surface area contributed by atoms with Gasteiger partial charge in [-0.15, -0.1) is 0 Å². The number of rotatable bonds is 2. The number of hydrogen-bond acceptors (Lipinski definition) is 2. The SMILES string of the molecule is CN1CCC(N(C)C(=O)c2ccc(Br)cc2F)CC1. The molecule has 1 saturated heterocycles. The molecule has 5 heteroatoms. The minimum atomic E-state index is -0.473. The summed E-state index contributed by atoms with van der Waals surface area (Å²) in [6.45, 7) is 1.95. The Balaban J connectivity index is 2.10. The molecule has 3 nitrogen and oxygen atoms in total. The van der Waals surface area contributed by atoms with Crippen molar-refractivity contribution in [3.63, 3.8) is 0 Å². The second-order valence-electron chi connectivity index (χ2n) is 5.07. The molecule has 2 rings (SSSR count). The van der Waals surface area contributed by atoms with Crippen LogP contribution in [0.25, 0.3) is 0 Å². The summed E-state index contributed by atoms with van der Waals surface area (Å²) in [5, 5.41) is 0. The number of carbonyl (C=O) groups is 1. The highest BCUT2D eigenvalue weighted by atomic mass is 79.9. The lowest BCUT2D eigenvalue weighted by Crippen LogP contribution is -2.44. The molecule has 0 unspecified atom stereocenters. The van der Waals surface area contributed by atoms with E-state index >= 15 is 0 Å². The Morgan fingerprint density at radius 2 is 2.05 bits per heavy atom. The van der Waals surface area contributed by atoms with E-state index in [0.29, 0.717) is 4.47 Å². The van der Waals surface area contributed by atoms with Gasteiger partial charge in [-0.2, -0.15) is 0 Å². The molecule has 0 N–H and O–H groups in total. The molecule has 0 saturated carbocycles. The number of carbonyl (C=O) groups excluding carboxylic acids is 1. The molecular weight excluding hydrogens is 311 g/mol. The fraction of sp³-hybridized carbons (Fsp3) is 0.500. The van der Waals surface area contributed by atoms with Crippen LogP contribution in [0.3, 0.4) is 0 Å². The fourth-order valence-electron chi connectivity index (χ4n) is 2.40. The van der Waals surface area contributed by atoms with Gasteiger partial charge in [-0.25, -0.2) is 4.39 Å². The highest BCUT2D eigenvalue weighted by Crippen LogP contribution is 2.20. The first-order chi connectivity index (χ1) is 8.99. The fourth-order valence-corrected chi connectivity index (χ4v) is 2.73. The van der Waals surface area contributed by atoms with Crippen LogP contribution < -0.4 is 0 Å². The van der Waals surface area contributed by atoms with Crippen molar-refractivity contribution in [3.8, 4) is 0 Å². The van der Waals surface area contributed by atoms with Gasteiger partial charge >= 0.3 is 0 Å². The highest BCUT2D eigenvalue weighted by molar-refractivity contribution is 9.10. The third-order valence-corrected chi connectivity index (χ3v) is 4.21. The number of benzene rings is 1. The van der Waals surface area contributed by atoms with Gasteiger partial charge in [-0.1, -0.05) is 15.9 Å². The average molecular weight is 329 g/mol. The van der Waals surface area contributed by atoms with Gasteiger partial charge in [-0.3, -0.25) is 4.79 Å². The minimum Gasteiger partial charge on any atom is -0.339 e. The van der Waals surface area contributed by atoms with Gasteiger partial charge in [0, 0.05) is 17.6 Å². The Morgan fingerprint density at radius 3 is 2.63 bits per heavy atom. The highest BCUT2D eigenvalue weighted by Gasteiger charge is 2.26. The van der Waals surface area contributed by atoms with Crippen molar-refractivity contribution in [2.45, 2.75) is 18.9 Å². The van der Waals surface area contributed by atoms with E-state index in [9.17, 15) is 9.18 Å². The van der Waals surface area contributed by atoms with Crippen molar-refractivity contribution in [2.75, 3.05) is 27.2 Å². The lowest BCUT2D eigenvalue weighted by molar-refractivity contribution is 0.0655. The molecule has 1 aliphatic heterocycles. The van der Waals surface area contributed by atoms with Crippen LogP contribution in [0.2, 0.25) is 0 Å². The first-order valence-electron chi connectivity index (χ1n) is 6.40. The van der Waals surface area contributed by atoms with Crippen LogP contribution in [-0.4, -0.2) is 48.9 Å². The molecule has 1 fully saturated rings. The zero-order valence-corrected chi connectivity index (χ0v) is 12.8. The summed E-state index contributed by atoms with van der Waals surface area (Å²) in [6, 6.07) is 4.76. The van der Waals surface area contributed by atoms with Gasteiger partial charge in [0.15, 0.2) is 0 Å². The third-order valence-electron chi connectivity index (χ3n) is 3.72. The molecule has 0 atom stereocenters. The van der Waals surface area contributed by atoms with E-state index in [1.165, 1.54) is 12.1 Å². The molecule has 19 heavy (non-hydrogen) atoms. The number of likely N-dealkylation sites (tertiary alicyclic amines) is 1. The maximum Gasteiger partial charge on any atom is 0.256 e. The largest absolute Gasteiger partial charge is 0.339 e. The van der Waals surface area contributed by atoms with Gasteiger partial charge in [0.25, 0.3) is 5.91 Å². The maximum atomic E-state index is 13.8. The lowest BCUT2D eigenvalue weighted by atomic mass is 10.0. The first-order valence-corrected chi connectivity index (χ1v) is 7.19. The zero-order valence-electron chi connectivity index (χ0n) is 11.2.